The minimum absolute atomic E-state index is 0.0918. The van der Waals surface area contributed by atoms with Gasteiger partial charge in [-0.3, -0.25) is 4.98 Å². The summed E-state index contributed by atoms with van der Waals surface area (Å²) in [7, 11) is -3.95. The van der Waals surface area contributed by atoms with Crippen LogP contribution in [0.1, 0.15) is 31.2 Å². The molecule has 0 bridgehead atoms. The molecular formula is C27H28F4N6O4S2. The average molecular weight is 641 g/mol. The summed E-state index contributed by atoms with van der Waals surface area (Å²) < 4.78 is 78.9. The summed E-state index contributed by atoms with van der Waals surface area (Å²) in [6.45, 7) is 2.07. The molecule has 230 valence electrons. The van der Waals surface area contributed by atoms with Crippen LogP contribution >= 0.6 is 11.3 Å². The van der Waals surface area contributed by atoms with Crippen molar-refractivity contribution in [1.29, 1.82) is 0 Å². The zero-order chi connectivity index (χ0) is 31.2. The van der Waals surface area contributed by atoms with Gasteiger partial charge in [0.15, 0.2) is 15.6 Å². The highest BCUT2D eigenvalue weighted by Crippen LogP contribution is 2.42. The van der Waals surface area contributed by atoms with Crippen LogP contribution < -0.4 is 10.6 Å². The lowest BCUT2D eigenvalue weighted by atomic mass is 10.0. The summed E-state index contributed by atoms with van der Waals surface area (Å²) in [5, 5.41) is 28.0. The molecule has 3 atom stereocenters. The van der Waals surface area contributed by atoms with E-state index in [4.69, 9.17) is 4.98 Å². The zero-order valence-corrected chi connectivity index (χ0v) is 24.6. The van der Waals surface area contributed by atoms with Crippen molar-refractivity contribution >= 4 is 43.2 Å². The quantitative estimate of drug-likeness (QED) is 0.117. The molecule has 0 unspecified atom stereocenters. The molecule has 1 saturated carbocycles. The van der Waals surface area contributed by atoms with Crippen molar-refractivity contribution in [2.24, 2.45) is 5.92 Å². The fraction of sp³-hybridized carbons (Fsp3) is 0.407. The zero-order valence-electron chi connectivity index (χ0n) is 23.0. The maximum Gasteiger partial charge on any atom is 0.405 e. The molecule has 16 heteroatoms. The Morgan fingerprint density at radius 1 is 1.14 bits per heavy atom. The van der Waals surface area contributed by atoms with Gasteiger partial charge in [-0.25, -0.2) is 22.8 Å². The molecule has 10 nitrogen and oxygen atoms in total. The fourth-order valence-electron chi connectivity index (χ4n) is 5.09. The number of sulfone groups is 1. The predicted molar refractivity (Wildman–Crippen MR) is 153 cm³/mol. The minimum Gasteiger partial charge on any atom is -0.388 e. The second kappa shape index (κ2) is 11.6. The van der Waals surface area contributed by atoms with E-state index in [1.807, 2.05) is 6.92 Å². The SMILES string of the molecule is CCc1nccc2sc(-c3c(C)nc(NCC(F)(F)F)nc3N[C@@]3(O)CC[C@H](CS(=O)(=O)c4ccc(F)cc4)[C@H]3O)nc12. The maximum atomic E-state index is 13.3. The highest BCUT2D eigenvalue weighted by atomic mass is 32.2. The normalized spacial score (nSPS) is 20.9. The van der Waals surface area contributed by atoms with Crippen LogP contribution in [0.4, 0.5) is 29.3 Å². The first-order valence-corrected chi connectivity index (χ1v) is 15.8. The van der Waals surface area contributed by atoms with Crippen molar-refractivity contribution in [1.82, 2.24) is 19.9 Å². The Kier molecular flexibility index (Phi) is 8.32. The highest BCUT2D eigenvalue weighted by Gasteiger charge is 2.49. The van der Waals surface area contributed by atoms with E-state index in [0.717, 1.165) is 34.7 Å². The Hall–Kier alpha value is -3.47. The number of alkyl halides is 3. The Morgan fingerprint density at radius 3 is 2.53 bits per heavy atom. The number of aryl methyl sites for hydroxylation is 2. The first-order valence-electron chi connectivity index (χ1n) is 13.3. The predicted octanol–water partition coefficient (Wildman–Crippen LogP) is 4.48. The van der Waals surface area contributed by atoms with Gasteiger partial charge in [0.05, 0.1) is 32.3 Å². The number of pyridine rings is 1. The smallest absolute Gasteiger partial charge is 0.388 e. The van der Waals surface area contributed by atoms with Crippen LogP contribution in [0, 0.1) is 18.7 Å². The lowest BCUT2D eigenvalue weighted by Crippen LogP contribution is -2.48. The number of hydrogen-bond acceptors (Lipinski definition) is 11. The summed E-state index contributed by atoms with van der Waals surface area (Å²) in [5.74, 6) is -2.51. The second-order valence-electron chi connectivity index (χ2n) is 10.3. The van der Waals surface area contributed by atoms with Crippen LogP contribution in [0.2, 0.25) is 0 Å². The molecule has 0 saturated heterocycles. The van der Waals surface area contributed by atoms with E-state index in [1.54, 1.807) is 19.2 Å². The molecule has 4 aromatic rings. The third-order valence-electron chi connectivity index (χ3n) is 7.24. The van der Waals surface area contributed by atoms with Gasteiger partial charge in [-0.05, 0) is 56.5 Å². The Balaban J connectivity index is 1.49. The molecule has 4 N–H and O–H groups in total. The van der Waals surface area contributed by atoms with Gasteiger partial charge < -0.3 is 20.8 Å². The molecule has 1 aromatic carbocycles. The Labute approximate surface area is 248 Å². The fourth-order valence-corrected chi connectivity index (χ4v) is 7.82. The van der Waals surface area contributed by atoms with Gasteiger partial charge in [0, 0.05) is 12.1 Å². The molecule has 1 aliphatic rings. The number of aliphatic hydroxyl groups excluding tert-OH is 1. The van der Waals surface area contributed by atoms with Crippen LogP contribution in [0.25, 0.3) is 20.8 Å². The summed E-state index contributed by atoms with van der Waals surface area (Å²) in [4.78, 5) is 17.3. The number of fused-ring (bicyclic) bond motifs is 1. The summed E-state index contributed by atoms with van der Waals surface area (Å²) in [6.07, 6.45) is -3.92. The van der Waals surface area contributed by atoms with Gasteiger partial charge in [0.1, 0.15) is 34.8 Å². The third-order valence-corrected chi connectivity index (χ3v) is 10.1. The van der Waals surface area contributed by atoms with Gasteiger partial charge in [0.25, 0.3) is 0 Å². The molecule has 5 rings (SSSR count). The summed E-state index contributed by atoms with van der Waals surface area (Å²) >= 11 is 1.27. The van der Waals surface area contributed by atoms with Gasteiger partial charge in [-0.15, -0.1) is 11.3 Å². The minimum atomic E-state index is -4.55. The van der Waals surface area contributed by atoms with Gasteiger partial charge in [-0.1, -0.05) is 6.92 Å². The molecular weight excluding hydrogens is 612 g/mol. The number of thiazole rings is 1. The number of nitrogens with zero attached hydrogens (tertiary/aromatic N) is 4. The molecule has 43 heavy (non-hydrogen) atoms. The van der Waals surface area contributed by atoms with Crippen LogP contribution in [-0.2, 0) is 16.3 Å². The van der Waals surface area contributed by atoms with Crippen molar-refractivity contribution in [2.75, 3.05) is 22.9 Å². The molecule has 1 aliphatic carbocycles. The largest absolute Gasteiger partial charge is 0.405 e. The van der Waals surface area contributed by atoms with Gasteiger partial charge in [-0.2, -0.15) is 18.2 Å². The van der Waals surface area contributed by atoms with Crippen LogP contribution in [0.15, 0.2) is 41.4 Å². The van der Waals surface area contributed by atoms with Crippen molar-refractivity contribution in [3.63, 3.8) is 0 Å². The standard InChI is InChI=1S/C27H28F4N6O4S2/c1-3-18-21-19(9-11-32-18)42-24(35-21)20-14(2)34-25(33-13-27(29,30)31)36-23(20)37-26(39)10-8-15(22(26)38)12-43(40,41)17-6-4-16(28)5-7-17/h4-7,9,11,15,22,38-39H,3,8,10,12-13H2,1-2H3,(H2,33,34,36,37)/t15-,22-,26-/m1/s1. The van der Waals surface area contributed by atoms with Crippen molar-refractivity contribution in [3.05, 3.63) is 53.7 Å². The van der Waals surface area contributed by atoms with E-state index < -0.39 is 51.9 Å². The van der Waals surface area contributed by atoms with E-state index in [2.05, 4.69) is 25.6 Å². The van der Waals surface area contributed by atoms with E-state index in [9.17, 15) is 36.2 Å². The van der Waals surface area contributed by atoms with E-state index in [0.29, 0.717) is 22.5 Å². The molecule has 0 spiro atoms. The highest BCUT2D eigenvalue weighted by molar-refractivity contribution is 7.91. The molecule has 0 radical (unpaired) electrons. The topological polar surface area (TPSA) is 150 Å². The number of aliphatic hydroxyl groups is 2. The Morgan fingerprint density at radius 2 is 1.86 bits per heavy atom. The number of aromatic nitrogens is 4. The summed E-state index contributed by atoms with van der Waals surface area (Å²) in [6, 6.07) is 6.05. The number of hydrogen-bond donors (Lipinski definition) is 4. The monoisotopic (exact) mass is 640 g/mol. The molecule has 0 aliphatic heterocycles. The number of rotatable bonds is 9. The number of anilines is 2. The average Bonchev–Trinajstić information content (AvgIpc) is 3.48. The van der Waals surface area contributed by atoms with Crippen molar-refractivity contribution in [3.8, 4) is 10.6 Å². The summed E-state index contributed by atoms with van der Waals surface area (Å²) in [5.41, 5.74) is -0.165. The first kappa shape index (κ1) is 31.0. The van der Waals surface area contributed by atoms with E-state index in [-0.39, 0.29) is 35.2 Å². The van der Waals surface area contributed by atoms with Gasteiger partial charge in [0.2, 0.25) is 5.95 Å². The van der Waals surface area contributed by atoms with E-state index in [1.165, 1.54) is 11.3 Å². The number of benzene rings is 1. The van der Waals surface area contributed by atoms with E-state index >= 15 is 0 Å². The van der Waals surface area contributed by atoms with Crippen molar-refractivity contribution in [2.45, 2.75) is 56.0 Å². The third kappa shape index (κ3) is 6.56. The molecule has 1 fully saturated rings. The maximum absolute atomic E-state index is 13.3. The second-order valence-corrected chi connectivity index (χ2v) is 13.4. The molecule has 3 heterocycles. The van der Waals surface area contributed by atoms with Crippen LogP contribution in [0.5, 0.6) is 0 Å². The van der Waals surface area contributed by atoms with Gasteiger partial charge >= 0.3 is 6.18 Å². The number of nitrogens with one attached hydrogen (secondary N) is 2. The number of halogens is 4. The molecule has 3 aromatic heterocycles. The molecule has 0 amide bonds. The Bertz CT molecular complexity index is 1750. The lowest BCUT2D eigenvalue weighted by molar-refractivity contribution is -0.115. The first-order chi connectivity index (χ1) is 20.2. The lowest BCUT2D eigenvalue weighted by Gasteiger charge is -2.31. The van der Waals surface area contributed by atoms with Crippen molar-refractivity contribution < 1.29 is 36.2 Å². The van der Waals surface area contributed by atoms with Crippen LogP contribution in [-0.4, -0.2) is 68.9 Å². The van der Waals surface area contributed by atoms with Crippen LogP contribution in [0.3, 0.4) is 0 Å².